The van der Waals surface area contributed by atoms with Crippen molar-refractivity contribution in [2.75, 3.05) is 13.6 Å². The fourth-order valence-electron chi connectivity index (χ4n) is 2.55. The molecule has 0 saturated heterocycles. The van der Waals surface area contributed by atoms with Crippen LogP contribution in [0, 0.1) is 12.7 Å². The minimum absolute atomic E-state index is 0.239. The van der Waals surface area contributed by atoms with E-state index in [0.29, 0.717) is 5.02 Å². The zero-order valence-corrected chi connectivity index (χ0v) is 12.5. The van der Waals surface area contributed by atoms with E-state index in [1.54, 1.807) is 6.07 Å². The zero-order valence-electron chi connectivity index (χ0n) is 11.8. The van der Waals surface area contributed by atoms with Gasteiger partial charge in [0, 0.05) is 17.5 Å². The lowest BCUT2D eigenvalue weighted by Gasteiger charge is -2.20. The summed E-state index contributed by atoms with van der Waals surface area (Å²) in [6.45, 7) is 2.93. The van der Waals surface area contributed by atoms with Crippen LogP contribution in [0.5, 0.6) is 0 Å². The normalized spacial score (nSPS) is 12.4. The summed E-state index contributed by atoms with van der Waals surface area (Å²) >= 11 is 6.18. The Kier molecular flexibility index (Phi) is 5.16. The van der Waals surface area contributed by atoms with Gasteiger partial charge in [0.05, 0.1) is 0 Å². The molecule has 20 heavy (non-hydrogen) atoms. The van der Waals surface area contributed by atoms with Gasteiger partial charge in [-0.25, -0.2) is 4.39 Å². The summed E-state index contributed by atoms with van der Waals surface area (Å²) in [5.41, 5.74) is 3.39. The van der Waals surface area contributed by atoms with Crippen molar-refractivity contribution in [3.63, 3.8) is 0 Å². The molecule has 1 atom stereocenters. The van der Waals surface area contributed by atoms with Crippen LogP contribution in [0.15, 0.2) is 42.5 Å². The number of aryl methyl sites for hydroxylation is 1. The van der Waals surface area contributed by atoms with Crippen molar-refractivity contribution in [3.8, 4) is 0 Å². The minimum atomic E-state index is -0.239. The molecule has 0 aromatic heterocycles. The van der Waals surface area contributed by atoms with Crippen LogP contribution in [0.3, 0.4) is 0 Å². The third-order valence-corrected chi connectivity index (χ3v) is 3.92. The predicted octanol–water partition coefficient (Wildman–Crippen LogP) is 4.33. The maximum Gasteiger partial charge on any atom is 0.123 e. The van der Waals surface area contributed by atoms with E-state index < -0.39 is 0 Å². The van der Waals surface area contributed by atoms with E-state index in [0.717, 1.165) is 18.5 Å². The first-order chi connectivity index (χ1) is 9.61. The van der Waals surface area contributed by atoms with Crippen LogP contribution >= 0.6 is 11.6 Å². The second kappa shape index (κ2) is 6.87. The number of likely N-dealkylation sites (N-methyl/N-ethyl adjacent to an activating group) is 1. The van der Waals surface area contributed by atoms with E-state index in [1.165, 1.54) is 23.3 Å². The first kappa shape index (κ1) is 15.0. The average molecular weight is 292 g/mol. The third kappa shape index (κ3) is 3.59. The van der Waals surface area contributed by atoms with Crippen LogP contribution in [0.4, 0.5) is 4.39 Å². The molecule has 0 spiro atoms. The Hall–Kier alpha value is -1.38. The van der Waals surface area contributed by atoms with Gasteiger partial charge < -0.3 is 5.32 Å². The van der Waals surface area contributed by atoms with Crippen LogP contribution < -0.4 is 5.32 Å². The molecular weight excluding hydrogens is 273 g/mol. The average Bonchev–Trinajstić information content (AvgIpc) is 2.43. The van der Waals surface area contributed by atoms with Gasteiger partial charge in [0.25, 0.3) is 0 Å². The lowest BCUT2D eigenvalue weighted by atomic mass is 9.89. The Morgan fingerprint density at radius 2 is 1.95 bits per heavy atom. The van der Waals surface area contributed by atoms with Gasteiger partial charge in [0.15, 0.2) is 0 Å². The Balaban J connectivity index is 2.30. The maximum absolute atomic E-state index is 13.4. The van der Waals surface area contributed by atoms with Crippen LogP contribution in [0.1, 0.15) is 22.6 Å². The van der Waals surface area contributed by atoms with E-state index in [-0.39, 0.29) is 11.7 Å². The maximum atomic E-state index is 13.4. The van der Waals surface area contributed by atoms with Crippen molar-refractivity contribution in [2.24, 2.45) is 0 Å². The quantitative estimate of drug-likeness (QED) is 0.864. The molecule has 2 aromatic rings. The topological polar surface area (TPSA) is 12.0 Å². The molecule has 1 nitrogen and oxygen atoms in total. The molecule has 0 amide bonds. The molecule has 2 aromatic carbocycles. The molecule has 0 aliphatic carbocycles. The highest BCUT2D eigenvalue weighted by atomic mass is 35.5. The van der Waals surface area contributed by atoms with Crippen molar-refractivity contribution in [1.82, 2.24) is 5.32 Å². The Labute approximate surface area is 124 Å². The van der Waals surface area contributed by atoms with Gasteiger partial charge >= 0.3 is 0 Å². The lowest BCUT2D eigenvalue weighted by molar-refractivity contribution is 0.607. The van der Waals surface area contributed by atoms with Gasteiger partial charge in [-0.2, -0.15) is 0 Å². The molecular formula is C17H19ClFN. The second-order valence-corrected chi connectivity index (χ2v) is 5.46. The third-order valence-electron chi connectivity index (χ3n) is 3.55. The van der Waals surface area contributed by atoms with Crippen molar-refractivity contribution in [1.29, 1.82) is 0 Å². The number of nitrogens with one attached hydrogen (secondary N) is 1. The Bertz CT molecular complexity index is 583. The number of rotatable bonds is 5. The molecule has 0 saturated carbocycles. The highest BCUT2D eigenvalue weighted by Gasteiger charge is 2.15. The molecule has 1 unspecified atom stereocenters. The second-order valence-electron chi connectivity index (χ2n) is 5.05. The number of hydrogen-bond acceptors (Lipinski definition) is 1. The fraction of sp³-hybridized carbons (Fsp3) is 0.294. The highest BCUT2D eigenvalue weighted by Crippen LogP contribution is 2.27. The van der Waals surface area contributed by atoms with Crippen molar-refractivity contribution < 1.29 is 4.39 Å². The van der Waals surface area contributed by atoms with Gasteiger partial charge in [-0.05, 0) is 55.3 Å². The summed E-state index contributed by atoms with van der Waals surface area (Å²) in [6.07, 6.45) is 0.724. The molecule has 106 valence electrons. The number of benzene rings is 2. The molecule has 2 rings (SSSR count). The Morgan fingerprint density at radius 1 is 1.20 bits per heavy atom. The van der Waals surface area contributed by atoms with Gasteiger partial charge in [-0.1, -0.05) is 35.9 Å². The predicted molar refractivity (Wildman–Crippen MR) is 83.0 cm³/mol. The molecule has 0 fully saturated rings. The highest BCUT2D eigenvalue weighted by molar-refractivity contribution is 6.31. The van der Waals surface area contributed by atoms with Gasteiger partial charge in [0.2, 0.25) is 0 Å². The number of halogens is 2. The van der Waals surface area contributed by atoms with E-state index in [2.05, 4.69) is 24.4 Å². The van der Waals surface area contributed by atoms with Crippen molar-refractivity contribution in [3.05, 3.63) is 70.0 Å². The lowest BCUT2D eigenvalue weighted by Crippen LogP contribution is -2.20. The van der Waals surface area contributed by atoms with Gasteiger partial charge in [0.1, 0.15) is 5.82 Å². The van der Waals surface area contributed by atoms with E-state index in [4.69, 9.17) is 11.6 Å². The van der Waals surface area contributed by atoms with Crippen molar-refractivity contribution >= 4 is 11.6 Å². The van der Waals surface area contributed by atoms with E-state index >= 15 is 0 Å². The monoisotopic (exact) mass is 291 g/mol. The van der Waals surface area contributed by atoms with E-state index in [1.807, 2.05) is 19.2 Å². The van der Waals surface area contributed by atoms with Crippen LogP contribution in [0.25, 0.3) is 0 Å². The summed E-state index contributed by atoms with van der Waals surface area (Å²) < 4.78 is 13.4. The minimum Gasteiger partial charge on any atom is -0.319 e. The van der Waals surface area contributed by atoms with Crippen LogP contribution in [-0.4, -0.2) is 13.6 Å². The molecule has 0 aliphatic rings. The van der Waals surface area contributed by atoms with Crippen molar-refractivity contribution in [2.45, 2.75) is 19.3 Å². The molecule has 1 N–H and O–H groups in total. The SMILES string of the molecule is CNCC(Cc1cc(F)ccc1Cl)c1ccccc1C. The molecule has 0 heterocycles. The number of hydrogen-bond donors (Lipinski definition) is 1. The van der Waals surface area contributed by atoms with Gasteiger partial charge in [-0.15, -0.1) is 0 Å². The largest absolute Gasteiger partial charge is 0.319 e. The molecule has 0 bridgehead atoms. The summed E-state index contributed by atoms with van der Waals surface area (Å²) in [6, 6.07) is 12.9. The first-order valence-corrected chi connectivity index (χ1v) is 7.13. The van der Waals surface area contributed by atoms with E-state index in [9.17, 15) is 4.39 Å². The summed E-state index contributed by atoms with van der Waals surface area (Å²) in [5.74, 6) is 0.0397. The zero-order chi connectivity index (χ0) is 14.5. The first-order valence-electron chi connectivity index (χ1n) is 6.76. The Morgan fingerprint density at radius 3 is 2.65 bits per heavy atom. The fourth-order valence-corrected chi connectivity index (χ4v) is 2.74. The molecule has 0 aliphatic heterocycles. The van der Waals surface area contributed by atoms with Gasteiger partial charge in [-0.3, -0.25) is 0 Å². The van der Waals surface area contributed by atoms with Crippen LogP contribution in [-0.2, 0) is 6.42 Å². The summed E-state index contributed by atoms with van der Waals surface area (Å²) in [7, 11) is 1.93. The molecule has 0 radical (unpaired) electrons. The standard InChI is InChI=1S/C17H19ClFN/c1-12-5-3-4-6-16(12)14(11-20-2)9-13-10-15(19)7-8-17(13)18/h3-8,10,14,20H,9,11H2,1-2H3. The van der Waals surface area contributed by atoms with Crippen LogP contribution in [0.2, 0.25) is 5.02 Å². The molecule has 3 heteroatoms. The summed E-state index contributed by atoms with van der Waals surface area (Å²) in [4.78, 5) is 0. The smallest absolute Gasteiger partial charge is 0.123 e. The summed E-state index contributed by atoms with van der Waals surface area (Å²) in [5, 5.41) is 3.84.